The molecule has 1 amide bonds. The maximum absolute atomic E-state index is 14.8. The summed E-state index contributed by atoms with van der Waals surface area (Å²) in [4.78, 5) is 22.0. The van der Waals surface area contributed by atoms with E-state index in [-0.39, 0.29) is 17.6 Å². The van der Waals surface area contributed by atoms with E-state index in [2.05, 4.69) is 42.8 Å². The quantitative estimate of drug-likeness (QED) is 0.462. The number of methoxy groups -OCH3 is 2. The Morgan fingerprint density at radius 3 is 2.43 bits per heavy atom. The molecule has 10 nitrogen and oxygen atoms in total. The highest BCUT2D eigenvalue weighted by Crippen LogP contribution is 2.34. The summed E-state index contributed by atoms with van der Waals surface area (Å²) in [5.41, 5.74) is 5.71. The number of nitrogens with zero attached hydrogens (tertiary/aromatic N) is 5. The van der Waals surface area contributed by atoms with Gasteiger partial charge in [0.15, 0.2) is 0 Å². The molecule has 1 aliphatic heterocycles. The van der Waals surface area contributed by atoms with E-state index in [1.807, 2.05) is 0 Å². The fraction of sp³-hybridized carbons (Fsp3) is 0.417. The minimum Gasteiger partial charge on any atom is -0.479 e. The number of ether oxygens (including phenoxy) is 3. The molecule has 1 fully saturated rings. The molecule has 1 aliphatic rings. The van der Waals surface area contributed by atoms with Crippen molar-refractivity contribution >= 4 is 38.7 Å². The molecule has 4 heterocycles. The largest absolute Gasteiger partial charge is 0.479 e. The third kappa shape index (κ3) is 5.11. The maximum Gasteiger partial charge on any atom is 0.410 e. The van der Waals surface area contributed by atoms with Crippen LogP contribution in [-0.4, -0.2) is 63.7 Å². The number of nitrogen functional groups attached to an aromatic ring is 1. The Balaban J connectivity index is 1.78. The molecule has 0 bridgehead atoms. The van der Waals surface area contributed by atoms with Crippen molar-refractivity contribution in [3.63, 3.8) is 0 Å². The summed E-state index contributed by atoms with van der Waals surface area (Å²) >= 11 is 3.49. The van der Waals surface area contributed by atoms with E-state index in [4.69, 9.17) is 19.9 Å². The first kappa shape index (κ1) is 26.4. The summed E-state index contributed by atoms with van der Waals surface area (Å²) < 4.78 is 47.1. The molecule has 0 unspecified atom stereocenters. The molecule has 2 N–H and O–H groups in total. The standard InChI is InChI=1S/C24H25BrF2N6O4/c1-24(2,3)37-23(34)32-9-8-12(11-32)33-19-14(25)10-29-20(28)16(19)15(31-33)7-6-13-17(26)21(35-4)30-22(36-5)18(13)27/h10,12H,8-9,11H2,1-5H3,(H2,28,29)/t12-/m0/s1. The van der Waals surface area contributed by atoms with Gasteiger partial charge in [0, 0.05) is 19.3 Å². The van der Waals surface area contributed by atoms with Crippen LogP contribution in [0.2, 0.25) is 0 Å². The zero-order valence-corrected chi connectivity index (χ0v) is 22.4. The summed E-state index contributed by atoms with van der Waals surface area (Å²) in [6, 6.07) is -0.224. The van der Waals surface area contributed by atoms with Gasteiger partial charge in [0.1, 0.15) is 22.7 Å². The lowest BCUT2D eigenvalue weighted by Gasteiger charge is -2.24. The topological polar surface area (TPSA) is 118 Å². The van der Waals surface area contributed by atoms with Gasteiger partial charge in [-0.2, -0.15) is 18.9 Å². The average Bonchev–Trinajstić information content (AvgIpc) is 3.46. The van der Waals surface area contributed by atoms with Crippen LogP contribution in [0.1, 0.15) is 44.5 Å². The van der Waals surface area contributed by atoms with Crippen LogP contribution in [0.4, 0.5) is 19.4 Å². The zero-order chi connectivity index (χ0) is 27.1. The number of aromatic nitrogens is 4. The SMILES string of the molecule is COc1nc(OC)c(F)c(C#Cc2nn([C@H]3CCN(C(=O)OC(C)(C)C)C3)c3c(Br)cnc(N)c23)c1F. The first-order valence-corrected chi connectivity index (χ1v) is 12.0. The Kier molecular flexibility index (Phi) is 7.14. The lowest BCUT2D eigenvalue weighted by atomic mass is 10.2. The first-order chi connectivity index (χ1) is 17.4. The number of nitrogens with two attached hydrogens (primary N) is 1. The van der Waals surface area contributed by atoms with Crippen LogP contribution in [0.5, 0.6) is 11.8 Å². The number of carbonyl (C=O) groups excluding carboxylic acids is 1. The molecule has 196 valence electrons. The molecule has 13 heteroatoms. The lowest BCUT2D eigenvalue weighted by molar-refractivity contribution is 0.0288. The van der Waals surface area contributed by atoms with Crippen molar-refractivity contribution in [3.8, 4) is 23.6 Å². The van der Waals surface area contributed by atoms with Crippen LogP contribution in [0.15, 0.2) is 10.7 Å². The molecule has 1 atom stereocenters. The number of halogens is 3. The van der Waals surface area contributed by atoms with Crippen LogP contribution < -0.4 is 15.2 Å². The molecule has 0 aromatic carbocycles. The second kappa shape index (κ2) is 10.0. The van der Waals surface area contributed by atoms with Gasteiger partial charge in [-0.25, -0.2) is 9.78 Å². The monoisotopic (exact) mass is 578 g/mol. The number of hydrogen-bond acceptors (Lipinski definition) is 8. The number of hydrogen-bond donors (Lipinski definition) is 1. The zero-order valence-electron chi connectivity index (χ0n) is 20.9. The minimum atomic E-state index is -1.08. The lowest BCUT2D eigenvalue weighted by Crippen LogP contribution is -2.35. The Labute approximate surface area is 220 Å². The van der Waals surface area contributed by atoms with E-state index < -0.39 is 40.7 Å². The van der Waals surface area contributed by atoms with Gasteiger partial charge >= 0.3 is 6.09 Å². The van der Waals surface area contributed by atoms with Gasteiger partial charge in [0.05, 0.1) is 35.6 Å². The van der Waals surface area contributed by atoms with Crippen molar-refractivity contribution < 1.29 is 27.8 Å². The number of rotatable bonds is 3. The first-order valence-electron chi connectivity index (χ1n) is 11.2. The van der Waals surface area contributed by atoms with E-state index in [0.29, 0.717) is 34.9 Å². The van der Waals surface area contributed by atoms with Gasteiger partial charge in [0.25, 0.3) is 11.8 Å². The van der Waals surface area contributed by atoms with Gasteiger partial charge in [-0.05, 0) is 49.0 Å². The minimum absolute atomic E-state index is 0.140. The highest BCUT2D eigenvalue weighted by atomic mass is 79.9. The molecule has 37 heavy (non-hydrogen) atoms. The van der Waals surface area contributed by atoms with Crippen molar-refractivity contribution in [2.45, 2.75) is 38.8 Å². The number of likely N-dealkylation sites (tertiary alicyclic amines) is 1. The fourth-order valence-electron chi connectivity index (χ4n) is 3.95. The number of pyridine rings is 2. The number of amides is 1. The molecular weight excluding hydrogens is 554 g/mol. The molecule has 0 spiro atoms. The molecule has 3 aromatic heterocycles. The van der Waals surface area contributed by atoms with E-state index in [1.54, 1.807) is 30.4 Å². The average molecular weight is 579 g/mol. The smallest absolute Gasteiger partial charge is 0.410 e. The van der Waals surface area contributed by atoms with Crippen molar-refractivity contribution in [1.29, 1.82) is 0 Å². The summed E-state index contributed by atoms with van der Waals surface area (Å²) in [6.45, 7) is 6.22. The van der Waals surface area contributed by atoms with Crippen molar-refractivity contribution in [2.24, 2.45) is 0 Å². The van der Waals surface area contributed by atoms with Crippen LogP contribution in [0.25, 0.3) is 10.9 Å². The van der Waals surface area contributed by atoms with E-state index in [0.717, 1.165) is 0 Å². The van der Waals surface area contributed by atoms with E-state index in [9.17, 15) is 13.6 Å². The highest BCUT2D eigenvalue weighted by Gasteiger charge is 2.33. The van der Waals surface area contributed by atoms with Crippen LogP contribution in [0.3, 0.4) is 0 Å². The van der Waals surface area contributed by atoms with Gasteiger partial charge in [0.2, 0.25) is 11.6 Å². The molecular formula is C24H25BrF2N6O4. The Hall–Kier alpha value is -3.66. The van der Waals surface area contributed by atoms with Gasteiger partial charge in [-0.3, -0.25) is 4.68 Å². The second-order valence-corrected chi connectivity index (χ2v) is 10.1. The molecule has 0 aliphatic carbocycles. The fourth-order valence-corrected chi connectivity index (χ4v) is 4.43. The van der Waals surface area contributed by atoms with E-state index in [1.165, 1.54) is 20.4 Å². The normalized spacial score (nSPS) is 15.5. The predicted octanol–water partition coefficient (Wildman–Crippen LogP) is 4.05. The summed E-state index contributed by atoms with van der Waals surface area (Å²) in [5, 5.41) is 5.02. The maximum atomic E-state index is 14.8. The summed E-state index contributed by atoms with van der Waals surface area (Å²) in [6.07, 6.45) is 1.71. The Bertz CT molecular complexity index is 1420. The van der Waals surface area contributed by atoms with Crippen LogP contribution in [-0.2, 0) is 4.74 Å². The van der Waals surface area contributed by atoms with Gasteiger partial charge in [-0.1, -0.05) is 5.92 Å². The van der Waals surface area contributed by atoms with Crippen LogP contribution in [0, 0.1) is 23.5 Å². The summed E-state index contributed by atoms with van der Waals surface area (Å²) in [5.74, 6) is 2.26. The molecule has 1 saturated heterocycles. The van der Waals surface area contributed by atoms with Crippen molar-refractivity contribution in [3.05, 3.63) is 33.6 Å². The third-order valence-electron chi connectivity index (χ3n) is 5.58. The number of carbonyl (C=O) groups is 1. The molecule has 3 aromatic rings. The second-order valence-electron chi connectivity index (χ2n) is 9.26. The molecule has 0 saturated carbocycles. The van der Waals surface area contributed by atoms with Gasteiger partial charge in [-0.15, -0.1) is 0 Å². The molecule has 0 radical (unpaired) electrons. The number of fused-ring (bicyclic) bond motifs is 1. The Morgan fingerprint density at radius 1 is 1.19 bits per heavy atom. The van der Waals surface area contributed by atoms with Gasteiger partial charge < -0.3 is 24.8 Å². The Morgan fingerprint density at radius 2 is 1.84 bits per heavy atom. The van der Waals surface area contributed by atoms with Crippen molar-refractivity contribution in [1.82, 2.24) is 24.6 Å². The molecule has 4 rings (SSSR count). The number of anilines is 1. The van der Waals surface area contributed by atoms with Crippen molar-refractivity contribution in [2.75, 3.05) is 33.0 Å². The van der Waals surface area contributed by atoms with Crippen LogP contribution >= 0.6 is 15.9 Å². The third-order valence-corrected chi connectivity index (χ3v) is 6.16. The summed E-state index contributed by atoms with van der Waals surface area (Å²) in [7, 11) is 2.39. The predicted molar refractivity (Wildman–Crippen MR) is 134 cm³/mol. The van der Waals surface area contributed by atoms with E-state index >= 15 is 0 Å². The highest BCUT2D eigenvalue weighted by molar-refractivity contribution is 9.10.